The number of hydrogen-bond acceptors (Lipinski definition) is 4. The molecular formula is C7H16N2Na2O2S. The summed E-state index contributed by atoms with van der Waals surface area (Å²) in [5.74, 6) is 0. The monoisotopic (exact) mass is 238 g/mol. The van der Waals surface area contributed by atoms with E-state index in [9.17, 15) is 4.79 Å². The van der Waals surface area contributed by atoms with E-state index in [2.05, 4.69) is 15.3 Å². The van der Waals surface area contributed by atoms with Crippen molar-refractivity contribution in [1.82, 2.24) is 5.32 Å². The second-order valence-corrected chi connectivity index (χ2v) is 4.13. The molecule has 14 heavy (non-hydrogen) atoms. The fourth-order valence-electron chi connectivity index (χ4n) is 0.299. The van der Waals surface area contributed by atoms with Crippen LogP contribution in [0.2, 0.25) is 0 Å². The summed E-state index contributed by atoms with van der Waals surface area (Å²) in [6, 6.07) is 0. The van der Waals surface area contributed by atoms with Gasteiger partial charge in [0.15, 0.2) is 0 Å². The fourth-order valence-corrected chi connectivity index (χ4v) is 0.448. The molecule has 74 valence electrons. The van der Waals surface area contributed by atoms with Crippen LogP contribution < -0.4 is 5.32 Å². The van der Waals surface area contributed by atoms with Gasteiger partial charge in [-0.05, 0) is 20.1 Å². The van der Waals surface area contributed by atoms with Gasteiger partial charge in [0, 0.05) is 11.8 Å². The molecule has 0 aliphatic heterocycles. The normalized spacial score (nSPS) is 10.0. The van der Waals surface area contributed by atoms with Gasteiger partial charge in [-0.15, -0.1) is 0 Å². The molecule has 0 saturated heterocycles. The van der Waals surface area contributed by atoms with Crippen LogP contribution >= 0.6 is 11.8 Å². The molecule has 0 bridgehead atoms. The van der Waals surface area contributed by atoms with Crippen LogP contribution in [0.15, 0.2) is 5.16 Å². The van der Waals surface area contributed by atoms with Crippen molar-refractivity contribution >= 4 is 83.2 Å². The Labute approximate surface area is 134 Å². The number of amides is 1. The summed E-state index contributed by atoms with van der Waals surface area (Å²) in [6.45, 7) is 3.96. The Morgan fingerprint density at radius 3 is 2.36 bits per heavy atom. The summed E-state index contributed by atoms with van der Waals surface area (Å²) in [7, 11) is 1.48. The molecule has 0 aromatic rings. The van der Waals surface area contributed by atoms with E-state index in [0.29, 0.717) is 0 Å². The summed E-state index contributed by atoms with van der Waals surface area (Å²) >= 11 is 1.63. The van der Waals surface area contributed by atoms with Crippen molar-refractivity contribution in [2.45, 2.75) is 18.6 Å². The van der Waals surface area contributed by atoms with E-state index in [1.807, 2.05) is 20.1 Å². The number of rotatable bonds is 3. The van der Waals surface area contributed by atoms with Gasteiger partial charge >= 0.3 is 65.2 Å². The summed E-state index contributed by atoms with van der Waals surface area (Å²) in [5, 5.41) is 5.81. The molecule has 0 spiro atoms. The number of nitrogens with zero attached hydrogens (tertiary/aromatic N) is 1. The number of nitrogens with one attached hydrogen (secondary N) is 1. The van der Waals surface area contributed by atoms with Gasteiger partial charge in [-0.3, -0.25) is 4.84 Å². The third-order valence-corrected chi connectivity index (χ3v) is 2.39. The Kier molecular flexibility index (Phi) is 15.9. The SMILES string of the molecule is CNC(=O)O/N=C/C(C)(C)SC.[NaH].[NaH]. The Balaban J connectivity index is -0.000000605. The first kappa shape index (κ1) is 20.7. The van der Waals surface area contributed by atoms with Crippen molar-refractivity contribution in [2.75, 3.05) is 13.3 Å². The quantitative estimate of drug-likeness (QED) is 0.330. The number of carbonyl (C=O) groups is 1. The van der Waals surface area contributed by atoms with Crippen LogP contribution in [0.4, 0.5) is 4.79 Å². The van der Waals surface area contributed by atoms with E-state index >= 15 is 0 Å². The van der Waals surface area contributed by atoms with Gasteiger partial charge in [0.05, 0.1) is 6.21 Å². The maximum absolute atomic E-state index is 10.5. The molecule has 0 radical (unpaired) electrons. The molecule has 0 aliphatic carbocycles. The van der Waals surface area contributed by atoms with Crippen LogP contribution in [0.25, 0.3) is 0 Å². The molecule has 0 atom stereocenters. The van der Waals surface area contributed by atoms with E-state index in [1.54, 1.807) is 18.0 Å². The van der Waals surface area contributed by atoms with Gasteiger partial charge < -0.3 is 5.32 Å². The number of oxime groups is 1. The van der Waals surface area contributed by atoms with Crippen molar-refractivity contribution < 1.29 is 9.63 Å². The molecule has 0 rings (SSSR count). The third-order valence-electron chi connectivity index (χ3n) is 1.23. The average Bonchev–Trinajstić information content (AvgIpc) is 2.04. The van der Waals surface area contributed by atoms with E-state index in [4.69, 9.17) is 0 Å². The molecule has 0 aromatic heterocycles. The summed E-state index contributed by atoms with van der Waals surface area (Å²) in [5.41, 5.74) is 0. The zero-order chi connectivity index (χ0) is 9.61. The predicted octanol–water partition coefficient (Wildman–Crippen LogP) is 0.173. The molecule has 0 aromatic carbocycles. The molecule has 0 aliphatic rings. The topological polar surface area (TPSA) is 50.7 Å². The van der Waals surface area contributed by atoms with Crippen molar-refractivity contribution in [1.29, 1.82) is 0 Å². The van der Waals surface area contributed by atoms with Crippen molar-refractivity contribution in [3.8, 4) is 0 Å². The molecule has 1 N–H and O–H groups in total. The van der Waals surface area contributed by atoms with Gasteiger partial charge in [0.2, 0.25) is 0 Å². The maximum atomic E-state index is 10.5. The Morgan fingerprint density at radius 2 is 2.00 bits per heavy atom. The minimum atomic E-state index is -0.553. The van der Waals surface area contributed by atoms with Gasteiger partial charge in [0.1, 0.15) is 0 Å². The first-order valence-electron chi connectivity index (χ1n) is 3.50. The molecule has 0 unspecified atom stereocenters. The Hall–Kier alpha value is 1.29. The molecule has 0 saturated carbocycles. The zero-order valence-corrected chi connectivity index (χ0v) is 8.57. The van der Waals surface area contributed by atoms with Crippen molar-refractivity contribution in [3.63, 3.8) is 0 Å². The van der Waals surface area contributed by atoms with Crippen molar-refractivity contribution in [3.05, 3.63) is 0 Å². The van der Waals surface area contributed by atoms with Crippen LogP contribution in [0.5, 0.6) is 0 Å². The van der Waals surface area contributed by atoms with Gasteiger partial charge in [-0.25, -0.2) is 4.79 Å². The standard InChI is InChI=1S/C7H14N2O2S.2Na.2H/c1-7(2,12-4)5-9-11-6(10)8-3;;;;/h5H,1-4H3,(H,8,10);;;;/b9-5+;;;;. The van der Waals surface area contributed by atoms with Crippen LogP contribution in [-0.4, -0.2) is 89.5 Å². The molecular weight excluding hydrogens is 222 g/mol. The average molecular weight is 238 g/mol. The van der Waals surface area contributed by atoms with Gasteiger partial charge in [0.25, 0.3) is 0 Å². The van der Waals surface area contributed by atoms with E-state index in [1.165, 1.54) is 7.05 Å². The number of thioether (sulfide) groups is 1. The van der Waals surface area contributed by atoms with Crippen LogP contribution in [0, 0.1) is 0 Å². The fraction of sp³-hybridized carbons (Fsp3) is 0.714. The van der Waals surface area contributed by atoms with E-state index in [-0.39, 0.29) is 63.9 Å². The predicted molar refractivity (Wildman–Crippen MR) is 65.9 cm³/mol. The molecule has 0 fully saturated rings. The third kappa shape index (κ3) is 11.4. The van der Waals surface area contributed by atoms with Gasteiger partial charge in [-0.2, -0.15) is 11.8 Å². The second kappa shape index (κ2) is 10.8. The number of carbonyl (C=O) groups excluding carboxylic acids is 1. The van der Waals surface area contributed by atoms with E-state index in [0.717, 1.165) is 0 Å². The van der Waals surface area contributed by atoms with Crippen LogP contribution in [-0.2, 0) is 4.84 Å². The summed E-state index contributed by atoms with van der Waals surface area (Å²) in [4.78, 5) is 15.0. The van der Waals surface area contributed by atoms with Crippen LogP contribution in [0.1, 0.15) is 13.8 Å². The summed E-state index contributed by atoms with van der Waals surface area (Å²) < 4.78 is -0.103. The minimum absolute atomic E-state index is 0. The Morgan fingerprint density at radius 1 is 1.50 bits per heavy atom. The second-order valence-electron chi connectivity index (χ2n) is 2.67. The number of hydrogen-bond donors (Lipinski definition) is 1. The molecule has 7 heteroatoms. The first-order chi connectivity index (χ1) is 5.52. The molecule has 0 heterocycles. The Bertz CT molecular complexity index is 189. The van der Waals surface area contributed by atoms with Crippen molar-refractivity contribution in [2.24, 2.45) is 5.16 Å². The molecule has 1 amide bonds. The van der Waals surface area contributed by atoms with E-state index < -0.39 is 6.09 Å². The summed E-state index contributed by atoms with van der Waals surface area (Å²) in [6.07, 6.45) is 3.00. The van der Waals surface area contributed by atoms with Gasteiger partial charge in [-0.1, -0.05) is 5.16 Å². The molecule has 4 nitrogen and oxygen atoms in total. The first-order valence-corrected chi connectivity index (χ1v) is 4.72. The van der Waals surface area contributed by atoms with Crippen LogP contribution in [0.3, 0.4) is 0 Å². The zero-order valence-electron chi connectivity index (χ0n) is 7.75.